The number of nitrogens with zero attached hydrogens (tertiary/aromatic N) is 7. The fraction of sp³-hybridized carbons (Fsp3) is 0.667. The van der Waals surface area contributed by atoms with Crippen molar-refractivity contribution in [2.75, 3.05) is 34.0 Å². The number of nitrogens with two attached hydrogens (primary N) is 1. The quantitative estimate of drug-likeness (QED) is 0.412. The van der Waals surface area contributed by atoms with E-state index in [9.17, 15) is 8.78 Å². The molecule has 3 heterocycles. The number of halogens is 2. The monoisotopic (exact) mass is 397 g/mol. The van der Waals surface area contributed by atoms with Crippen molar-refractivity contribution in [3.05, 3.63) is 5.82 Å². The Hall–Kier alpha value is -2.83. The van der Waals surface area contributed by atoms with Crippen LogP contribution in [0.3, 0.4) is 0 Å². The van der Waals surface area contributed by atoms with Crippen molar-refractivity contribution in [3.63, 3.8) is 0 Å². The van der Waals surface area contributed by atoms with Crippen LogP contribution in [0.25, 0.3) is 0 Å². The molecule has 2 aromatic rings. The number of aromatic nitrogens is 6. The number of anilines is 4. The van der Waals surface area contributed by atoms with Crippen LogP contribution in [-0.4, -0.2) is 54.7 Å². The molecule has 11 nitrogen and oxygen atoms in total. The van der Waals surface area contributed by atoms with Crippen LogP contribution in [0.1, 0.15) is 33.0 Å². The molecular formula is C15H25F2N11. The van der Waals surface area contributed by atoms with Gasteiger partial charge in [-0.25, -0.2) is 13.5 Å². The van der Waals surface area contributed by atoms with Crippen molar-refractivity contribution in [2.24, 2.45) is 12.9 Å². The number of aryl methyl sites for hydroxylation is 1. The van der Waals surface area contributed by atoms with Crippen LogP contribution in [0.15, 0.2) is 0 Å². The number of hydrogen-bond acceptors (Lipinski definition) is 10. The summed E-state index contributed by atoms with van der Waals surface area (Å²) < 4.78 is 29.1. The van der Waals surface area contributed by atoms with Gasteiger partial charge < -0.3 is 21.0 Å². The number of hydrazine groups is 1. The zero-order valence-corrected chi connectivity index (χ0v) is 16.3. The van der Waals surface area contributed by atoms with Gasteiger partial charge in [-0.1, -0.05) is 0 Å². The van der Waals surface area contributed by atoms with Crippen LogP contribution in [0, 0.1) is 0 Å². The Morgan fingerprint density at radius 3 is 2.54 bits per heavy atom. The van der Waals surface area contributed by atoms with E-state index >= 15 is 0 Å². The highest BCUT2D eigenvalue weighted by Gasteiger charge is 2.40. The largest absolute Gasteiger partial charge is 0.361 e. The molecule has 154 valence electrons. The van der Waals surface area contributed by atoms with Crippen LogP contribution in [0.5, 0.6) is 0 Å². The molecule has 0 unspecified atom stereocenters. The Labute approximate surface area is 161 Å². The summed E-state index contributed by atoms with van der Waals surface area (Å²) in [5.74, 6) is 4.46. The highest BCUT2D eigenvalue weighted by Crippen LogP contribution is 2.37. The lowest BCUT2D eigenvalue weighted by molar-refractivity contribution is 0.0257. The zero-order chi connectivity index (χ0) is 20.5. The van der Waals surface area contributed by atoms with Crippen molar-refractivity contribution in [3.8, 4) is 0 Å². The van der Waals surface area contributed by atoms with E-state index in [1.165, 1.54) is 9.58 Å². The predicted octanol–water partition coefficient (Wildman–Crippen LogP) is 0.954. The molecule has 1 aliphatic rings. The van der Waals surface area contributed by atoms with E-state index < -0.39 is 12.5 Å². The van der Waals surface area contributed by atoms with Gasteiger partial charge in [0.25, 0.3) is 5.92 Å². The number of nitrogen functional groups attached to an aromatic ring is 1. The lowest BCUT2D eigenvalue weighted by atomic mass is 10.1. The first kappa shape index (κ1) is 19.9. The lowest BCUT2D eigenvalue weighted by Gasteiger charge is -2.26. The van der Waals surface area contributed by atoms with E-state index in [0.29, 0.717) is 29.1 Å². The standard InChI is InChI=1S/C15H25F2N11/c1-14(2,3)22-13-20-11(19-7-9-24-25-26-27(9)4)10(23-18)12(21-13)28-6-5-15(16,17)8-28/h23H,5-8,18H2,1-4H3,(H2,19,20,21,22). The molecule has 5 N–H and O–H groups in total. The minimum absolute atomic E-state index is 0.167. The van der Waals surface area contributed by atoms with Gasteiger partial charge in [0.15, 0.2) is 17.5 Å². The van der Waals surface area contributed by atoms with Gasteiger partial charge in [0.05, 0.1) is 13.1 Å². The first-order valence-corrected chi connectivity index (χ1v) is 8.83. The third-order valence-corrected chi connectivity index (χ3v) is 4.11. The molecule has 3 rings (SSSR count). The minimum atomic E-state index is -2.77. The predicted molar refractivity (Wildman–Crippen MR) is 101 cm³/mol. The third-order valence-electron chi connectivity index (χ3n) is 4.11. The van der Waals surface area contributed by atoms with Gasteiger partial charge in [-0.2, -0.15) is 9.97 Å². The fourth-order valence-electron chi connectivity index (χ4n) is 2.81. The van der Waals surface area contributed by atoms with Crippen LogP contribution in [0.2, 0.25) is 0 Å². The summed E-state index contributed by atoms with van der Waals surface area (Å²) in [5, 5.41) is 17.5. The van der Waals surface area contributed by atoms with Crippen LogP contribution >= 0.6 is 0 Å². The molecule has 1 saturated heterocycles. The average molecular weight is 397 g/mol. The van der Waals surface area contributed by atoms with E-state index in [-0.39, 0.29) is 25.0 Å². The number of tetrazole rings is 1. The van der Waals surface area contributed by atoms with E-state index in [0.717, 1.165) is 0 Å². The van der Waals surface area contributed by atoms with Crippen molar-refractivity contribution in [1.82, 2.24) is 30.2 Å². The van der Waals surface area contributed by atoms with Gasteiger partial charge in [-0.15, -0.1) is 5.10 Å². The third kappa shape index (κ3) is 4.52. The second kappa shape index (κ2) is 7.30. The topological polar surface area (TPSA) is 135 Å². The molecule has 0 bridgehead atoms. The lowest BCUT2D eigenvalue weighted by Crippen LogP contribution is -2.31. The Morgan fingerprint density at radius 1 is 1.25 bits per heavy atom. The molecule has 0 spiro atoms. The molecule has 28 heavy (non-hydrogen) atoms. The van der Waals surface area contributed by atoms with E-state index in [4.69, 9.17) is 5.84 Å². The molecule has 1 aliphatic heterocycles. The molecule has 0 saturated carbocycles. The van der Waals surface area contributed by atoms with Crippen molar-refractivity contribution in [2.45, 2.75) is 45.2 Å². The smallest absolute Gasteiger partial charge is 0.266 e. The van der Waals surface area contributed by atoms with E-state index in [1.54, 1.807) is 7.05 Å². The number of rotatable bonds is 6. The molecule has 0 atom stereocenters. The molecule has 0 radical (unpaired) electrons. The second-order valence-electron chi connectivity index (χ2n) is 7.71. The van der Waals surface area contributed by atoms with Gasteiger partial charge >= 0.3 is 0 Å². The normalized spacial score (nSPS) is 16.3. The Kier molecular flexibility index (Phi) is 5.19. The highest BCUT2D eigenvalue weighted by molar-refractivity contribution is 5.79. The summed E-state index contributed by atoms with van der Waals surface area (Å²) in [6.07, 6.45) is -0.240. The Morgan fingerprint density at radius 2 is 2.00 bits per heavy atom. The maximum atomic E-state index is 13.8. The van der Waals surface area contributed by atoms with Crippen molar-refractivity contribution < 1.29 is 8.78 Å². The fourth-order valence-corrected chi connectivity index (χ4v) is 2.81. The maximum absolute atomic E-state index is 13.8. The molecule has 1 fully saturated rings. The summed E-state index contributed by atoms with van der Waals surface area (Å²) in [5.41, 5.74) is 2.54. The highest BCUT2D eigenvalue weighted by atomic mass is 19.3. The van der Waals surface area contributed by atoms with Crippen LogP contribution < -0.4 is 26.8 Å². The summed E-state index contributed by atoms with van der Waals surface area (Å²) in [6.45, 7) is 5.86. The van der Waals surface area contributed by atoms with Crippen molar-refractivity contribution in [1.29, 1.82) is 0 Å². The van der Waals surface area contributed by atoms with Gasteiger partial charge in [0.1, 0.15) is 5.69 Å². The minimum Gasteiger partial charge on any atom is -0.361 e. The molecule has 0 amide bonds. The summed E-state index contributed by atoms with van der Waals surface area (Å²) in [6, 6.07) is 0. The zero-order valence-electron chi connectivity index (χ0n) is 16.3. The Balaban J connectivity index is 1.97. The maximum Gasteiger partial charge on any atom is 0.266 e. The van der Waals surface area contributed by atoms with Crippen molar-refractivity contribution >= 4 is 23.3 Å². The summed E-state index contributed by atoms with van der Waals surface area (Å²) in [4.78, 5) is 10.4. The SMILES string of the molecule is Cn1nnnc1CNc1nc(NC(C)(C)C)nc(N2CCC(F)(F)C2)c1NN. The first-order valence-electron chi connectivity index (χ1n) is 8.83. The van der Waals surface area contributed by atoms with Crippen LogP contribution in [0.4, 0.5) is 32.1 Å². The van der Waals surface area contributed by atoms with Gasteiger partial charge in [0.2, 0.25) is 5.95 Å². The second-order valence-corrected chi connectivity index (χ2v) is 7.71. The number of nitrogens with one attached hydrogen (secondary N) is 3. The van der Waals surface area contributed by atoms with E-state index in [1.807, 2.05) is 20.8 Å². The van der Waals surface area contributed by atoms with Gasteiger partial charge in [0, 0.05) is 25.6 Å². The number of hydrogen-bond donors (Lipinski definition) is 4. The number of alkyl halides is 2. The molecular weight excluding hydrogens is 372 g/mol. The van der Waals surface area contributed by atoms with Gasteiger partial charge in [-0.3, -0.25) is 5.84 Å². The Bertz CT molecular complexity index is 830. The van der Waals surface area contributed by atoms with Crippen LogP contribution in [-0.2, 0) is 13.6 Å². The molecule has 0 aromatic carbocycles. The van der Waals surface area contributed by atoms with E-state index in [2.05, 4.69) is 41.6 Å². The average Bonchev–Trinajstić information content (AvgIpc) is 3.15. The summed E-state index contributed by atoms with van der Waals surface area (Å²) in [7, 11) is 1.71. The molecule has 13 heteroatoms. The molecule has 0 aliphatic carbocycles. The van der Waals surface area contributed by atoms with Gasteiger partial charge in [-0.05, 0) is 31.2 Å². The first-order chi connectivity index (χ1) is 13.1. The molecule has 2 aromatic heterocycles. The summed E-state index contributed by atoms with van der Waals surface area (Å²) >= 11 is 0.